The molecule has 3 rings (SSSR count). The van der Waals surface area contributed by atoms with E-state index < -0.39 is 0 Å². The molecule has 1 nitrogen and oxygen atoms in total. The second-order valence-electron chi connectivity index (χ2n) is 5.71. The molecule has 1 heterocycles. The molecule has 2 atom stereocenters. The van der Waals surface area contributed by atoms with E-state index in [0.717, 1.165) is 5.92 Å². The van der Waals surface area contributed by atoms with E-state index in [1.165, 1.54) is 25.1 Å². The summed E-state index contributed by atoms with van der Waals surface area (Å²) in [7, 11) is 0. The third-order valence-electron chi connectivity index (χ3n) is 4.40. The summed E-state index contributed by atoms with van der Waals surface area (Å²) in [5.74, 6) is 0.821. The maximum Gasteiger partial charge on any atom is 0.0595 e. The first kappa shape index (κ1) is 11.8. The summed E-state index contributed by atoms with van der Waals surface area (Å²) in [5, 5.41) is 1.34. The molecular formula is C14H17Cl2N. The number of hydrogen-bond acceptors (Lipinski definition) is 1. The summed E-state index contributed by atoms with van der Waals surface area (Å²) in [4.78, 5) is 2.57. The van der Waals surface area contributed by atoms with Crippen LogP contribution in [0.5, 0.6) is 0 Å². The molecule has 0 bridgehead atoms. The van der Waals surface area contributed by atoms with E-state index in [0.29, 0.717) is 21.5 Å². The zero-order chi connectivity index (χ0) is 12.2. The van der Waals surface area contributed by atoms with Crippen LogP contribution in [0.15, 0.2) is 18.2 Å². The van der Waals surface area contributed by atoms with Crippen molar-refractivity contribution < 1.29 is 0 Å². The second kappa shape index (κ2) is 3.88. The van der Waals surface area contributed by atoms with Crippen LogP contribution >= 0.6 is 23.2 Å². The number of piperidine rings is 1. The average Bonchev–Trinajstić information content (AvgIpc) is 2.85. The van der Waals surface area contributed by atoms with Crippen molar-refractivity contribution >= 4 is 23.2 Å². The highest BCUT2D eigenvalue weighted by atomic mass is 35.5. The van der Waals surface area contributed by atoms with Crippen LogP contribution in [0.25, 0.3) is 0 Å². The normalized spacial score (nSPS) is 31.9. The van der Waals surface area contributed by atoms with Crippen molar-refractivity contribution in [3.63, 3.8) is 0 Å². The molecule has 1 saturated carbocycles. The van der Waals surface area contributed by atoms with Crippen molar-refractivity contribution in [2.24, 2.45) is 5.92 Å². The molecule has 0 radical (unpaired) electrons. The Morgan fingerprint density at radius 2 is 2.06 bits per heavy atom. The third-order valence-corrected chi connectivity index (χ3v) is 5.14. The number of hydrogen-bond donors (Lipinski definition) is 0. The molecule has 0 amide bonds. The maximum absolute atomic E-state index is 6.13. The molecule has 0 spiro atoms. The van der Waals surface area contributed by atoms with E-state index >= 15 is 0 Å². The van der Waals surface area contributed by atoms with Crippen LogP contribution in [-0.2, 0) is 5.41 Å². The van der Waals surface area contributed by atoms with Gasteiger partial charge < -0.3 is 0 Å². The summed E-state index contributed by atoms with van der Waals surface area (Å²) >= 11 is 12.1. The Hall–Kier alpha value is -0.240. The van der Waals surface area contributed by atoms with Crippen LogP contribution in [-0.4, -0.2) is 24.0 Å². The Balaban J connectivity index is 1.88. The number of nitrogens with zero attached hydrogens (tertiary/aromatic N) is 1. The van der Waals surface area contributed by atoms with Gasteiger partial charge in [-0.25, -0.2) is 0 Å². The molecule has 1 saturated heterocycles. The molecule has 1 aromatic carbocycles. The molecule has 92 valence electrons. The molecule has 2 aliphatic rings. The van der Waals surface area contributed by atoms with Crippen LogP contribution in [0.2, 0.25) is 10.0 Å². The number of rotatable bonds is 2. The minimum absolute atomic E-state index is 0.374. The van der Waals surface area contributed by atoms with E-state index in [1.807, 2.05) is 6.07 Å². The lowest BCUT2D eigenvalue weighted by Gasteiger charge is -2.24. The summed E-state index contributed by atoms with van der Waals surface area (Å²) in [6.07, 6.45) is 1.31. The van der Waals surface area contributed by atoms with Crippen molar-refractivity contribution in [3.8, 4) is 0 Å². The lowest BCUT2D eigenvalue weighted by atomic mass is 9.95. The fraction of sp³-hybridized carbons (Fsp3) is 0.571. The van der Waals surface area contributed by atoms with Gasteiger partial charge in [-0.15, -0.1) is 0 Å². The number of fused-ring (bicyclic) bond motifs is 1. The van der Waals surface area contributed by atoms with Crippen LogP contribution in [0.4, 0.5) is 0 Å². The Bertz CT molecular complexity index is 458. The van der Waals surface area contributed by atoms with Crippen LogP contribution < -0.4 is 0 Å². The van der Waals surface area contributed by atoms with Gasteiger partial charge in [-0.3, -0.25) is 4.90 Å². The Morgan fingerprint density at radius 1 is 1.29 bits per heavy atom. The standard InChI is InChI=1S/C14H17Cl2N/c1-9(2)17-7-11-6-14(11,8-17)10-3-4-12(15)13(16)5-10/h3-5,9,11H,6-8H2,1-2H3/t11-,14-/m1/s1. The highest BCUT2D eigenvalue weighted by Gasteiger charge is 2.60. The summed E-state index contributed by atoms with van der Waals surface area (Å²) in [6, 6.07) is 6.79. The fourth-order valence-electron chi connectivity index (χ4n) is 3.17. The van der Waals surface area contributed by atoms with E-state index in [4.69, 9.17) is 23.2 Å². The smallest absolute Gasteiger partial charge is 0.0595 e. The highest BCUT2D eigenvalue weighted by molar-refractivity contribution is 6.42. The van der Waals surface area contributed by atoms with Gasteiger partial charge in [-0.2, -0.15) is 0 Å². The van der Waals surface area contributed by atoms with Crippen molar-refractivity contribution in [2.45, 2.75) is 31.7 Å². The molecule has 0 aromatic heterocycles. The van der Waals surface area contributed by atoms with Gasteiger partial charge in [0.1, 0.15) is 0 Å². The van der Waals surface area contributed by atoms with Gasteiger partial charge in [-0.1, -0.05) is 29.3 Å². The minimum atomic E-state index is 0.374. The van der Waals surface area contributed by atoms with Crippen LogP contribution in [0.3, 0.4) is 0 Å². The van der Waals surface area contributed by atoms with Gasteiger partial charge in [-0.05, 0) is 43.9 Å². The topological polar surface area (TPSA) is 3.24 Å². The molecule has 1 aliphatic carbocycles. The van der Waals surface area contributed by atoms with E-state index in [-0.39, 0.29) is 0 Å². The summed E-state index contributed by atoms with van der Waals surface area (Å²) in [6.45, 7) is 6.95. The van der Waals surface area contributed by atoms with Gasteiger partial charge in [0.15, 0.2) is 0 Å². The first-order chi connectivity index (χ1) is 8.03. The van der Waals surface area contributed by atoms with Crippen molar-refractivity contribution in [2.75, 3.05) is 13.1 Å². The fourth-order valence-corrected chi connectivity index (χ4v) is 3.47. The zero-order valence-electron chi connectivity index (χ0n) is 10.2. The van der Waals surface area contributed by atoms with Gasteiger partial charge >= 0.3 is 0 Å². The van der Waals surface area contributed by atoms with E-state index in [9.17, 15) is 0 Å². The molecule has 17 heavy (non-hydrogen) atoms. The largest absolute Gasteiger partial charge is 0.300 e. The maximum atomic E-state index is 6.13. The summed E-state index contributed by atoms with van der Waals surface area (Å²) < 4.78 is 0. The Labute approximate surface area is 113 Å². The molecule has 1 aromatic rings. The lowest BCUT2D eigenvalue weighted by molar-refractivity contribution is 0.243. The highest BCUT2D eigenvalue weighted by Crippen LogP contribution is 2.59. The van der Waals surface area contributed by atoms with Crippen molar-refractivity contribution in [3.05, 3.63) is 33.8 Å². The van der Waals surface area contributed by atoms with Crippen LogP contribution in [0.1, 0.15) is 25.8 Å². The van der Waals surface area contributed by atoms with Crippen molar-refractivity contribution in [1.82, 2.24) is 4.90 Å². The van der Waals surface area contributed by atoms with Gasteiger partial charge in [0.05, 0.1) is 10.0 Å². The van der Waals surface area contributed by atoms with E-state index in [2.05, 4.69) is 30.9 Å². The molecule has 0 N–H and O–H groups in total. The van der Waals surface area contributed by atoms with Gasteiger partial charge in [0.2, 0.25) is 0 Å². The lowest BCUT2D eigenvalue weighted by Crippen LogP contribution is -2.32. The molecule has 0 unspecified atom stereocenters. The Morgan fingerprint density at radius 3 is 2.65 bits per heavy atom. The number of likely N-dealkylation sites (tertiary alicyclic amines) is 1. The van der Waals surface area contributed by atoms with Crippen molar-refractivity contribution in [1.29, 1.82) is 0 Å². The first-order valence-corrected chi connectivity index (χ1v) is 6.98. The average molecular weight is 270 g/mol. The minimum Gasteiger partial charge on any atom is -0.300 e. The molecule has 1 aliphatic heterocycles. The first-order valence-electron chi connectivity index (χ1n) is 6.22. The van der Waals surface area contributed by atoms with Gasteiger partial charge in [0.25, 0.3) is 0 Å². The quantitative estimate of drug-likeness (QED) is 0.785. The van der Waals surface area contributed by atoms with Crippen LogP contribution in [0, 0.1) is 5.92 Å². The number of benzene rings is 1. The zero-order valence-corrected chi connectivity index (χ0v) is 11.7. The predicted molar refractivity (Wildman–Crippen MR) is 73.0 cm³/mol. The predicted octanol–water partition coefficient (Wildman–Crippen LogP) is 3.98. The Kier molecular flexibility index (Phi) is 2.70. The molecular weight excluding hydrogens is 253 g/mol. The monoisotopic (exact) mass is 269 g/mol. The molecule has 3 heteroatoms. The third kappa shape index (κ3) is 1.80. The number of halogens is 2. The summed E-state index contributed by atoms with van der Waals surface area (Å²) in [5.41, 5.74) is 1.75. The SMILES string of the molecule is CC(C)N1C[C@H]2C[C@]2(c2ccc(Cl)c(Cl)c2)C1. The van der Waals surface area contributed by atoms with Gasteiger partial charge in [0, 0.05) is 24.5 Å². The second-order valence-corrected chi connectivity index (χ2v) is 6.52. The molecule has 2 fully saturated rings. The van der Waals surface area contributed by atoms with E-state index in [1.54, 1.807) is 0 Å².